The fraction of sp³-hybridized carbons (Fsp3) is 0.400. The SMILES string of the molecule is O=C(NC(c1cc(Cl)ccn1)[C@]1(O)CC[C@@H](F)CC1)c1cccc(C(F)(F)F)c1Cl. The Morgan fingerprint density at radius 3 is 2.50 bits per heavy atom. The van der Waals surface area contributed by atoms with Crippen molar-refractivity contribution in [3.63, 3.8) is 0 Å². The number of pyridine rings is 1. The summed E-state index contributed by atoms with van der Waals surface area (Å²) in [6, 6.07) is 4.79. The van der Waals surface area contributed by atoms with E-state index in [-0.39, 0.29) is 31.4 Å². The number of hydrogen-bond donors (Lipinski definition) is 2. The number of hydrogen-bond acceptors (Lipinski definition) is 3. The number of benzene rings is 1. The molecule has 30 heavy (non-hydrogen) atoms. The van der Waals surface area contributed by atoms with Gasteiger partial charge in [0.05, 0.1) is 27.4 Å². The molecule has 1 saturated carbocycles. The molecule has 1 atom stereocenters. The molecule has 0 radical (unpaired) electrons. The molecule has 0 aliphatic heterocycles. The molecule has 1 aromatic carbocycles. The lowest BCUT2D eigenvalue weighted by Crippen LogP contribution is -2.49. The van der Waals surface area contributed by atoms with Crippen molar-refractivity contribution < 1.29 is 27.5 Å². The van der Waals surface area contributed by atoms with Gasteiger partial charge in [-0.25, -0.2) is 4.39 Å². The third-order valence-corrected chi connectivity index (χ3v) is 5.82. The summed E-state index contributed by atoms with van der Waals surface area (Å²) in [5.74, 6) is -0.923. The Hall–Kier alpha value is -1.90. The molecule has 1 unspecified atom stereocenters. The average molecular weight is 465 g/mol. The molecular weight excluding hydrogens is 447 g/mol. The Labute approximate surface area is 180 Å². The van der Waals surface area contributed by atoms with Gasteiger partial charge in [-0.15, -0.1) is 0 Å². The third-order valence-electron chi connectivity index (χ3n) is 5.18. The zero-order valence-corrected chi connectivity index (χ0v) is 17.0. The molecule has 1 heterocycles. The summed E-state index contributed by atoms with van der Waals surface area (Å²) < 4.78 is 53.0. The highest BCUT2D eigenvalue weighted by Crippen LogP contribution is 2.40. The van der Waals surface area contributed by atoms with E-state index in [1.807, 2.05) is 0 Å². The molecule has 1 amide bonds. The minimum absolute atomic E-state index is 0.0314. The highest BCUT2D eigenvalue weighted by molar-refractivity contribution is 6.34. The van der Waals surface area contributed by atoms with Crippen molar-refractivity contribution in [3.05, 3.63) is 63.4 Å². The van der Waals surface area contributed by atoms with E-state index in [1.165, 1.54) is 18.3 Å². The van der Waals surface area contributed by atoms with Crippen LogP contribution in [0.4, 0.5) is 17.6 Å². The fourth-order valence-corrected chi connectivity index (χ4v) is 4.06. The van der Waals surface area contributed by atoms with E-state index in [4.69, 9.17) is 23.2 Å². The Morgan fingerprint density at radius 2 is 1.90 bits per heavy atom. The number of nitrogens with one attached hydrogen (secondary N) is 1. The van der Waals surface area contributed by atoms with E-state index < -0.39 is 46.0 Å². The summed E-state index contributed by atoms with van der Waals surface area (Å²) in [4.78, 5) is 17.0. The van der Waals surface area contributed by atoms with Crippen LogP contribution in [-0.4, -0.2) is 27.8 Å². The molecular formula is C20H18Cl2F4N2O2. The lowest BCUT2D eigenvalue weighted by Gasteiger charge is -2.40. The predicted octanol–water partition coefficient (Wildman–Crippen LogP) is 5.52. The maximum atomic E-state index is 13.6. The molecule has 1 aliphatic rings. The summed E-state index contributed by atoms with van der Waals surface area (Å²) in [5, 5.41) is 13.2. The number of rotatable bonds is 4. The first kappa shape index (κ1) is 22.8. The van der Waals surface area contributed by atoms with Gasteiger partial charge in [-0.05, 0) is 49.9 Å². The Morgan fingerprint density at radius 1 is 1.23 bits per heavy atom. The first-order valence-electron chi connectivity index (χ1n) is 9.16. The first-order valence-corrected chi connectivity index (χ1v) is 9.91. The van der Waals surface area contributed by atoms with E-state index in [2.05, 4.69) is 10.3 Å². The smallest absolute Gasteiger partial charge is 0.387 e. The number of aliphatic hydroxyl groups is 1. The molecule has 2 N–H and O–H groups in total. The monoisotopic (exact) mass is 464 g/mol. The Kier molecular flexibility index (Phi) is 6.60. The molecule has 1 fully saturated rings. The van der Waals surface area contributed by atoms with Crippen LogP contribution in [0.25, 0.3) is 0 Å². The predicted molar refractivity (Wildman–Crippen MR) is 104 cm³/mol. The van der Waals surface area contributed by atoms with Gasteiger partial charge in [0.15, 0.2) is 0 Å². The molecule has 0 spiro atoms. The fourth-order valence-electron chi connectivity index (χ4n) is 3.57. The van der Waals surface area contributed by atoms with Crippen molar-refractivity contribution in [3.8, 4) is 0 Å². The van der Waals surface area contributed by atoms with Crippen LogP contribution in [0.2, 0.25) is 10.0 Å². The van der Waals surface area contributed by atoms with Gasteiger partial charge in [-0.1, -0.05) is 29.3 Å². The van der Waals surface area contributed by atoms with Crippen molar-refractivity contribution in [1.82, 2.24) is 10.3 Å². The van der Waals surface area contributed by atoms with Crippen LogP contribution in [0.15, 0.2) is 36.5 Å². The molecule has 4 nitrogen and oxygen atoms in total. The molecule has 2 aromatic rings. The van der Waals surface area contributed by atoms with Crippen molar-refractivity contribution in [2.45, 2.75) is 49.7 Å². The average Bonchev–Trinajstić information content (AvgIpc) is 2.67. The van der Waals surface area contributed by atoms with Crippen molar-refractivity contribution in [2.24, 2.45) is 0 Å². The number of nitrogens with zero attached hydrogens (tertiary/aromatic N) is 1. The minimum atomic E-state index is -4.74. The van der Waals surface area contributed by atoms with Crippen molar-refractivity contribution >= 4 is 29.1 Å². The van der Waals surface area contributed by atoms with Crippen LogP contribution in [-0.2, 0) is 6.18 Å². The largest absolute Gasteiger partial charge is 0.417 e. The molecule has 3 rings (SSSR count). The maximum Gasteiger partial charge on any atom is 0.417 e. The quantitative estimate of drug-likeness (QED) is 0.585. The standard InChI is InChI=1S/C20H18Cl2F4N2O2/c21-11-6-9-27-15(10-11)17(19(30)7-4-12(23)5-8-19)28-18(29)13-2-1-3-14(16(13)22)20(24,25)26/h1-3,6,9-10,12,17,30H,4-5,7-8H2,(H,28,29)/t12-,17?,19+. The summed E-state index contributed by atoms with van der Waals surface area (Å²) >= 11 is 11.9. The summed E-state index contributed by atoms with van der Waals surface area (Å²) in [6.07, 6.45) is -4.22. The van der Waals surface area contributed by atoms with Crippen LogP contribution in [0.5, 0.6) is 0 Å². The normalized spacial score (nSPS) is 23.1. The molecule has 1 aromatic heterocycles. The molecule has 1 aliphatic carbocycles. The van der Waals surface area contributed by atoms with E-state index in [9.17, 15) is 27.5 Å². The molecule has 0 bridgehead atoms. The van der Waals surface area contributed by atoms with E-state index in [0.29, 0.717) is 5.02 Å². The Balaban J connectivity index is 1.97. The zero-order valence-electron chi connectivity index (χ0n) is 15.5. The van der Waals surface area contributed by atoms with Crippen molar-refractivity contribution in [2.75, 3.05) is 0 Å². The number of alkyl halides is 4. The second-order valence-corrected chi connectivity index (χ2v) is 8.06. The third kappa shape index (κ3) is 4.87. The summed E-state index contributed by atoms with van der Waals surface area (Å²) in [6.45, 7) is 0. The van der Waals surface area contributed by atoms with Gasteiger partial charge in [-0.3, -0.25) is 9.78 Å². The van der Waals surface area contributed by atoms with Gasteiger partial charge in [0.2, 0.25) is 0 Å². The summed E-state index contributed by atoms with van der Waals surface area (Å²) in [5.41, 5.74) is -2.89. The lowest BCUT2D eigenvalue weighted by atomic mass is 9.77. The van der Waals surface area contributed by atoms with Gasteiger partial charge in [0, 0.05) is 11.2 Å². The number of amides is 1. The topological polar surface area (TPSA) is 62.2 Å². The number of carbonyl (C=O) groups is 1. The van der Waals surface area contributed by atoms with Gasteiger partial charge in [0.25, 0.3) is 5.91 Å². The second-order valence-electron chi connectivity index (χ2n) is 7.25. The van der Waals surface area contributed by atoms with E-state index in [1.54, 1.807) is 0 Å². The minimum Gasteiger partial charge on any atom is -0.387 e. The number of carbonyl (C=O) groups excluding carboxylic acids is 1. The van der Waals surface area contributed by atoms with Crippen LogP contribution >= 0.6 is 23.2 Å². The van der Waals surface area contributed by atoms with Crippen LogP contribution in [0.1, 0.15) is 53.3 Å². The Bertz CT molecular complexity index is 931. The zero-order chi connectivity index (χ0) is 22.1. The van der Waals surface area contributed by atoms with Gasteiger partial charge < -0.3 is 10.4 Å². The number of halogens is 6. The second kappa shape index (κ2) is 8.69. The number of aromatic nitrogens is 1. The summed E-state index contributed by atoms with van der Waals surface area (Å²) in [7, 11) is 0. The van der Waals surface area contributed by atoms with E-state index in [0.717, 1.165) is 18.2 Å². The van der Waals surface area contributed by atoms with Crippen LogP contribution < -0.4 is 5.32 Å². The van der Waals surface area contributed by atoms with Gasteiger partial charge in [0.1, 0.15) is 12.2 Å². The van der Waals surface area contributed by atoms with Crippen molar-refractivity contribution in [1.29, 1.82) is 0 Å². The first-order chi connectivity index (χ1) is 14.0. The van der Waals surface area contributed by atoms with E-state index >= 15 is 0 Å². The van der Waals surface area contributed by atoms with Gasteiger partial charge >= 0.3 is 6.18 Å². The molecule has 10 heteroatoms. The highest BCUT2D eigenvalue weighted by Gasteiger charge is 2.43. The lowest BCUT2D eigenvalue weighted by molar-refractivity contribution is -0.137. The maximum absolute atomic E-state index is 13.6. The highest BCUT2D eigenvalue weighted by atomic mass is 35.5. The van der Waals surface area contributed by atoms with Crippen LogP contribution in [0, 0.1) is 0 Å². The molecule has 162 valence electrons. The molecule has 0 saturated heterocycles. The van der Waals surface area contributed by atoms with Gasteiger partial charge in [-0.2, -0.15) is 13.2 Å². The van der Waals surface area contributed by atoms with Crippen LogP contribution in [0.3, 0.4) is 0 Å².